The lowest BCUT2D eigenvalue weighted by Crippen LogP contribution is -2.35. The van der Waals surface area contributed by atoms with Crippen molar-refractivity contribution >= 4 is 33.1 Å². The topological polar surface area (TPSA) is 70.2 Å². The number of nitrogens with zero attached hydrogens (tertiary/aromatic N) is 1. The van der Waals surface area contributed by atoms with E-state index in [0.29, 0.717) is 5.69 Å². The standard InChI is InChI=1S/C10H18N2O3S3/c1-7(5-6-16-4)12(3)18(14,15)9-8(2)11-10(13)17-9/h7H,5-6H2,1-4H3,(H,11,13). The molecule has 0 fully saturated rings. The molecule has 104 valence electrons. The van der Waals surface area contributed by atoms with E-state index in [-0.39, 0.29) is 15.1 Å². The summed E-state index contributed by atoms with van der Waals surface area (Å²) in [6.45, 7) is 3.48. The minimum atomic E-state index is -3.57. The Bertz CT molecular complexity index is 547. The smallest absolute Gasteiger partial charge is 0.305 e. The first kappa shape index (κ1) is 15.7. The maximum Gasteiger partial charge on any atom is 0.305 e. The number of hydrogen-bond donors (Lipinski definition) is 1. The van der Waals surface area contributed by atoms with E-state index in [1.165, 1.54) is 4.31 Å². The Morgan fingerprint density at radius 3 is 2.56 bits per heavy atom. The quantitative estimate of drug-likeness (QED) is 0.864. The normalized spacial score (nSPS) is 14.1. The molecule has 0 aliphatic carbocycles. The van der Waals surface area contributed by atoms with Gasteiger partial charge in [0.25, 0.3) is 10.0 Å². The van der Waals surface area contributed by atoms with E-state index in [1.54, 1.807) is 25.7 Å². The molecular weight excluding hydrogens is 292 g/mol. The van der Waals surface area contributed by atoms with Crippen LogP contribution in [0.5, 0.6) is 0 Å². The SMILES string of the molecule is CSCCC(C)N(C)S(=O)(=O)c1sc(=O)[nH]c1C. The van der Waals surface area contributed by atoms with Gasteiger partial charge in [0.2, 0.25) is 0 Å². The number of aryl methyl sites for hydroxylation is 1. The summed E-state index contributed by atoms with van der Waals surface area (Å²) < 4.78 is 26.1. The first-order chi connectivity index (χ1) is 8.30. The van der Waals surface area contributed by atoms with Crippen LogP contribution in [0.2, 0.25) is 0 Å². The van der Waals surface area contributed by atoms with E-state index in [1.807, 2.05) is 13.2 Å². The zero-order chi connectivity index (χ0) is 13.9. The number of aromatic amines is 1. The zero-order valence-electron chi connectivity index (χ0n) is 10.9. The Balaban J connectivity index is 3.00. The predicted octanol–water partition coefficient (Wildman–Crippen LogP) is 1.51. The van der Waals surface area contributed by atoms with Crippen LogP contribution >= 0.6 is 23.1 Å². The van der Waals surface area contributed by atoms with Crippen LogP contribution in [-0.2, 0) is 10.0 Å². The number of rotatable bonds is 6. The van der Waals surface area contributed by atoms with Gasteiger partial charge in [-0.05, 0) is 32.3 Å². The molecular formula is C10H18N2O3S3. The van der Waals surface area contributed by atoms with Gasteiger partial charge < -0.3 is 4.98 Å². The molecule has 0 saturated carbocycles. The summed E-state index contributed by atoms with van der Waals surface area (Å²) in [6.07, 6.45) is 2.78. The van der Waals surface area contributed by atoms with E-state index in [0.717, 1.165) is 23.5 Å². The number of H-pyrrole nitrogens is 1. The number of thiazole rings is 1. The Kier molecular flexibility index (Phi) is 5.45. The van der Waals surface area contributed by atoms with Gasteiger partial charge in [-0.15, -0.1) is 0 Å². The molecule has 1 aromatic rings. The number of nitrogens with one attached hydrogen (secondary N) is 1. The van der Waals surface area contributed by atoms with Gasteiger partial charge in [-0.3, -0.25) is 4.79 Å². The Morgan fingerprint density at radius 1 is 1.50 bits per heavy atom. The van der Waals surface area contributed by atoms with Gasteiger partial charge in [-0.2, -0.15) is 16.1 Å². The highest BCUT2D eigenvalue weighted by molar-refractivity contribution is 7.98. The van der Waals surface area contributed by atoms with Gasteiger partial charge >= 0.3 is 4.87 Å². The first-order valence-electron chi connectivity index (χ1n) is 5.47. The maximum absolute atomic E-state index is 12.3. The monoisotopic (exact) mass is 310 g/mol. The van der Waals surface area contributed by atoms with Gasteiger partial charge in [-0.1, -0.05) is 11.3 Å². The van der Waals surface area contributed by atoms with Crippen molar-refractivity contribution in [3.8, 4) is 0 Å². The fourth-order valence-electron chi connectivity index (χ4n) is 1.47. The van der Waals surface area contributed by atoms with Crippen LogP contribution in [0.15, 0.2) is 9.00 Å². The molecule has 0 spiro atoms. The Hall–Kier alpha value is -0.310. The summed E-state index contributed by atoms with van der Waals surface area (Å²) in [5, 5.41) is 0. The van der Waals surface area contributed by atoms with Crippen molar-refractivity contribution in [3.63, 3.8) is 0 Å². The second-order valence-corrected chi connectivity index (χ2v) is 8.24. The summed E-state index contributed by atoms with van der Waals surface area (Å²) in [4.78, 5) is 13.4. The van der Waals surface area contributed by atoms with Crippen molar-refractivity contribution in [3.05, 3.63) is 15.4 Å². The largest absolute Gasteiger partial charge is 0.315 e. The fraction of sp³-hybridized carbons (Fsp3) is 0.700. The van der Waals surface area contributed by atoms with E-state index < -0.39 is 10.0 Å². The molecule has 0 aromatic carbocycles. The van der Waals surface area contributed by atoms with Crippen LogP contribution < -0.4 is 4.87 Å². The second-order valence-electron chi connectivity index (χ2n) is 4.08. The second kappa shape index (κ2) is 6.23. The molecule has 1 aromatic heterocycles. The summed E-state index contributed by atoms with van der Waals surface area (Å²) in [5.41, 5.74) is 0.411. The van der Waals surface area contributed by atoms with Gasteiger partial charge in [0, 0.05) is 18.8 Å². The predicted molar refractivity (Wildman–Crippen MR) is 77.1 cm³/mol. The van der Waals surface area contributed by atoms with Crippen LogP contribution in [0.25, 0.3) is 0 Å². The number of aromatic nitrogens is 1. The molecule has 0 saturated heterocycles. The zero-order valence-corrected chi connectivity index (χ0v) is 13.3. The average Bonchev–Trinajstić information content (AvgIpc) is 2.64. The third-order valence-electron chi connectivity index (χ3n) is 2.76. The van der Waals surface area contributed by atoms with Crippen molar-refractivity contribution in [2.24, 2.45) is 0 Å². The van der Waals surface area contributed by atoms with Crippen LogP contribution in [0, 0.1) is 6.92 Å². The lowest BCUT2D eigenvalue weighted by molar-refractivity contribution is 0.383. The molecule has 0 amide bonds. The summed E-state index contributed by atoms with van der Waals surface area (Å²) >= 11 is 2.43. The maximum atomic E-state index is 12.3. The Morgan fingerprint density at radius 2 is 2.11 bits per heavy atom. The van der Waals surface area contributed by atoms with Gasteiger partial charge in [-0.25, -0.2) is 8.42 Å². The highest BCUT2D eigenvalue weighted by Crippen LogP contribution is 2.22. The lowest BCUT2D eigenvalue weighted by Gasteiger charge is -2.23. The van der Waals surface area contributed by atoms with E-state index in [2.05, 4.69) is 4.98 Å². The van der Waals surface area contributed by atoms with Gasteiger partial charge in [0.05, 0.1) is 0 Å². The molecule has 0 radical (unpaired) electrons. The van der Waals surface area contributed by atoms with Crippen molar-refractivity contribution in [1.82, 2.24) is 9.29 Å². The Labute approximate surface area is 116 Å². The molecule has 8 heteroatoms. The molecule has 0 aliphatic rings. The molecule has 0 bridgehead atoms. The van der Waals surface area contributed by atoms with Crippen LogP contribution in [0.4, 0.5) is 0 Å². The van der Waals surface area contributed by atoms with Crippen LogP contribution in [-0.4, -0.2) is 42.8 Å². The van der Waals surface area contributed by atoms with Crippen LogP contribution in [0.1, 0.15) is 19.0 Å². The number of thioether (sulfide) groups is 1. The van der Waals surface area contributed by atoms with Gasteiger partial charge in [0.1, 0.15) is 0 Å². The molecule has 18 heavy (non-hydrogen) atoms. The van der Waals surface area contributed by atoms with E-state index in [9.17, 15) is 13.2 Å². The average molecular weight is 310 g/mol. The highest BCUT2D eigenvalue weighted by Gasteiger charge is 2.28. The molecule has 0 aliphatic heterocycles. The van der Waals surface area contributed by atoms with Crippen molar-refractivity contribution in [1.29, 1.82) is 0 Å². The lowest BCUT2D eigenvalue weighted by atomic mass is 10.3. The molecule has 1 N–H and O–H groups in total. The van der Waals surface area contributed by atoms with Crippen molar-refractivity contribution in [2.75, 3.05) is 19.1 Å². The minimum absolute atomic E-state index is 0.0842. The molecule has 1 atom stereocenters. The molecule has 5 nitrogen and oxygen atoms in total. The van der Waals surface area contributed by atoms with Crippen LogP contribution in [0.3, 0.4) is 0 Å². The van der Waals surface area contributed by atoms with Crippen molar-refractivity contribution in [2.45, 2.75) is 30.5 Å². The molecule has 1 heterocycles. The third-order valence-corrected chi connectivity index (χ3v) is 6.95. The molecule has 1 unspecified atom stereocenters. The fourth-order valence-corrected chi connectivity index (χ4v) is 4.91. The summed E-state index contributed by atoms with van der Waals surface area (Å²) in [7, 11) is -2.01. The van der Waals surface area contributed by atoms with Crippen molar-refractivity contribution < 1.29 is 8.42 Å². The first-order valence-corrected chi connectivity index (χ1v) is 9.12. The number of hydrogen-bond acceptors (Lipinski definition) is 5. The molecule has 1 rings (SSSR count). The summed E-state index contributed by atoms with van der Waals surface area (Å²) in [6, 6.07) is -0.0842. The van der Waals surface area contributed by atoms with E-state index in [4.69, 9.17) is 0 Å². The van der Waals surface area contributed by atoms with Gasteiger partial charge in [0.15, 0.2) is 4.21 Å². The third kappa shape index (κ3) is 3.37. The number of sulfonamides is 1. The minimum Gasteiger partial charge on any atom is -0.315 e. The summed E-state index contributed by atoms with van der Waals surface area (Å²) in [5.74, 6) is 0.906. The van der Waals surface area contributed by atoms with E-state index >= 15 is 0 Å². The highest BCUT2D eigenvalue weighted by atomic mass is 32.2.